The predicted molar refractivity (Wildman–Crippen MR) is 110 cm³/mol. The van der Waals surface area contributed by atoms with Crippen LogP contribution in [-0.2, 0) is 36.5 Å². The van der Waals surface area contributed by atoms with Crippen molar-refractivity contribution in [3.63, 3.8) is 0 Å². The minimum atomic E-state index is -3.62. The zero-order valence-corrected chi connectivity index (χ0v) is 17.9. The molecule has 7 nitrogen and oxygen atoms in total. The number of likely N-dealkylation sites (tertiary alicyclic amines) is 1. The van der Waals surface area contributed by atoms with Gasteiger partial charge in [-0.3, -0.25) is 9.48 Å². The molecule has 3 heterocycles. The van der Waals surface area contributed by atoms with Crippen LogP contribution >= 0.6 is 0 Å². The maximum absolute atomic E-state index is 13.2. The Hall–Kier alpha value is -2.19. The van der Waals surface area contributed by atoms with Crippen molar-refractivity contribution in [1.29, 1.82) is 0 Å². The number of nitrogens with zero attached hydrogens (tertiary/aromatic N) is 4. The van der Waals surface area contributed by atoms with E-state index in [0.29, 0.717) is 23.6 Å². The van der Waals surface area contributed by atoms with Crippen LogP contribution in [0.15, 0.2) is 29.2 Å². The number of carbonyl (C=O) groups excluding carboxylic acids is 1. The van der Waals surface area contributed by atoms with Gasteiger partial charge in [0.05, 0.1) is 4.90 Å². The number of rotatable bonds is 5. The summed E-state index contributed by atoms with van der Waals surface area (Å²) in [6, 6.07) is 7.15. The van der Waals surface area contributed by atoms with Crippen molar-refractivity contribution in [1.82, 2.24) is 19.0 Å². The lowest BCUT2D eigenvalue weighted by Gasteiger charge is -2.27. The summed E-state index contributed by atoms with van der Waals surface area (Å²) in [6.07, 6.45) is 4.53. The molecule has 2 aliphatic rings. The van der Waals surface area contributed by atoms with Crippen LogP contribution in [0.1, 0.15) is 53.5 Å². The van der Waals surface area contributed by atoms with Crippen molar-refractivity contribution < 1.29 is 13.2 Å². The van der Waals surface area contributed by atoms with Gasteiger partial charge in [0.2, 0.25) is 10.0 Å². The van der Waals surface area contributed by atoms with E-state index in [-0.39, 0.29) is 12.5 Å². The third-order valence-corrected chi connectivity index (χ3v) is 7.76. The van der Waals surface area contributed by atoms with Crippen LogP contribution in [0.3, 0.4) is 0 Å². The molecule has 156 valence electrons. The summed E-state index contributed by atoms with van der Waals surface area (Å²) in [5, 5.41) is 4.46. The highest BCUT2D eigenvalue weighted by molar-refractivity contribution is 7.89. The third-order valence-electron chi connectivity index (χ3n) is 5.90. The highest BCUT2D eigenvalue weighted by Gasteiger charge is 2.35. The molecule has 0 spiro atoms. The smallest absolute Gasteiger partial charge is 0.274 e. The van der Waals surface area contributed by atoms with E-state index in [1.54, 1.807) is 16.8 Å². The Labute approximate surface area is 172 Å². The Bertz CT molecular complexity index is 1010. The van der Waals surface area contributed by atoms with Gasteiger partial charge in [-0.05, 0) is 37.0 Å². The summed E-state index contributed by atoms with van der Waals surface area (Å²) in [5.41, 5.74) is 3.25. The molecule has 0 aliphatic carbocycles. The molecule has 1 aromatic carbocycles. The molecule has 1 fully saturated rings. The van der Waals surface area contributed by atoms with Crippen LogP contribution in [0.4, 0.5) is 0 Å². The second kappa shape index (κ2) is 7.91. The first kappa shape index (κ1) is 20.1. The van der Waals surface area contributed by atoms with Crippen LogP contribution in [-0.4, -0.2) is 52.9 Å². The third kappa shape index (κ3) is 3.71. The van der Waals surface area contributed by atoms with Crippen LogP contribution in [0.5, 0.6) is 0 Å². The number of carbonyl (C=O) groups is 1. The first-order chi connectivity index (χ1) is 13.9. The SMILES string of the molecule is CCCc1ccc(S(=O)(=O)N2CCc3c(c(C(=O)N4CCCC4)nn3C)C2)cc1. The van der Waals surface area contributed by atoms with E-state index >= 15 is 0 Å². The molecule has 1 aromatic heterocycles. The van der Waals surface area contributed by atoms with Gasteiger partial charge in [-0.1, -0.05) is 25.5 Å². The fourth-order valence-electron chi connectivity index (χ4n) is 4.28. The van der Waals surface area contributed by atoms with Crippen molar-refractivity contribution >= 4 is 15.9 Å². The number of aryl methyl sites for hydroxylation is 2. The molecule has 0 atom stereocenters. The fourth-order valence-corrected chi connectivity index (χ4v) is 5.69. The summed E-state index contributed by atoms with van der Waals surface area (Å²) >= 11 is 0. The standard InChI is InChI=1S/C21H28N4O3S/c1-3-6-16-7-9-17(10-8-16)29(27,28)25-14-11-19-18(15-25)20(22-23(19)2)21(26)24-12-4-5-13-24/h7-10H,3-6,11-15H2,1-2H3. The van der Waals surface area contributed by atoms with Gasteiger partial charge in [-0.15, -0.1) is 0 Å². The highest BCUT2D eigenvalue weighted by atomic mass is 32.2. The highest BCUT2D eigenvalue weighted by Crippen LogP contribution is 2.28. The molecular formula is C21H28N4O3S. The van der Waals surface area contributed by atoms with E-state index in [9.17, 15) is 13.2 Å². The minimum absolute atomic E-state index is 0.0810. The normalized spacial score (nSPS) is 17.5. The number of amides is 1. The van der Waals surface area contributed by atoms with E-state index < -0.39 is 10.0 Å². The van der Waals surface area contributed by atoms with Gasteiger partial charge in [0.15, 0.2) is 5.69 Å². The number of hydrogen-bond acceptors (Lipinski definition) is 4. The van der Waals surface area contributed by atoms with E-state index in [4.69, 9.17) is 0 Å². The zero-order chi connectivity index (χ0) is 20.6. The quantitative estimate of drug-likeness (QED) is 0.750. The lowest BCUT2D eigenvalue weighted by atomic mass is 10.1. The average Bonchev–Trinajstić information content (AvgIpc) is 3.36. The summed E-state index contributed by atoms with van der Waals surface area (Å²) < 4.78 is 29.6. The first-order valence-electron chi connectivity index (χ1n) is 10.3. The Balaban J connectivity index is 1.61. The van der Waals surface area contributed by atoms with Crippen LogP contribution < -0.4 is 0 Å². The largest absolute Gasteiger partial charge is 0.337 e. The first-order valence-corrected chi connectivity index (χ1v) is 11.8. The van der Waals surface area contributed by atoms with Gasteiger partial charge in [0.1, 0.15) is 0 Å². The van der Waals surface area contributed by atoms with Gasteiger partial charge in [-0.2, -0.15) is 9.40 Å². The van der Waals surface area contributed by atoms with Crippen molar-refractivity contribution in [3.05, 3.63) is 46.8 Å². The lowest BCUT2D eigenvalue weighted by Crippen LogP contribution is -2.37. The van der Waals surface area contributed by atoms with E-state index in [1.165, 1.54) is 4.31 Å². The van der Waals surface area contributed by atoms with Gasteiger partial charge >= 0.3 is 0 Å². The monoisotopic (exact) mass is 416 g/mol. The maximum Gasteiger partial charge on any atom is 0.274 e. The van der Waals surface area contributed by atoms with Crippen molar-refractivity contribution in [2.24, 2.45) is 7.05 Å². The Morgan fingerprint density at radius 2 is 1.79 bits per heavy atom. The molecular weight excluding hydrogens is 388 g/mol. The van der Waals surface area contributed by atoms with Crippen molar-refractivity contribution in [2.75, 3.05) is 19.6 Å². The zero-order valence-electron chi connectivity index (χ0n) is 17.1. The number of hydrogen-bond donors (Lipinski definition) is 0. The fraction of sp³-hybridized carbons (Fsp3) is 0.524. The molecule has 1 saturated heterocycles. The maximum atomic E-state index is 13.2. The Morgan fingerprint density at radius 1 is 1.10 bits per heavy atom. The predicted octanol–water partition coefficient (Wildman–Crippen LogP) is 2.36. The second-order valence-electron chi connectivity index (χ2n) is 7.88. The second-order valence-corrected chi connectivity index (χ2v) is 9.82. The molecule has 0 saturated carbocycles. The van der Waals surface area contributed by atoms with Gasteiger partial charge in [0, 0.05) is 50.9 Å². The number of sulfonamides is 1. The van der Waals surface area contributed by atoms with Crippen molar-refractivity contribution in [3.8, 4) is 0 Å². The number of fused-ring (bicyclic) bond motifs is 1. The molecule has 8 heteroatoms. The molecule has 2 aromatic rings. The van der Waals surface area contributed by atoms with Crippen LogP contribution in [0.2, 0.25) is 0 Å². The molecule has 0 radical (unpaired) electrons. The molecule has 29 heavy (non-hydrogen) atoms. The topological polar surface area (TPSA) is 75.5 Å². The van der Waals surface area contributed by atoms with E-state index in [1.807, 2.05) is 24.1 Å². The molecule has 4 rings (SSSR count). The van der Waals surface area contributed by atoms with E-state index in [2.05, 4.69) is 12.0 Å². The van der Waals surface area contributed by atoms with Crippen molar-refractivity contribution in [2.45, 2.75) is 50.5 Å². The Kier molecular flexibility index (Phi) is 5.48. The molecule has 2 aliphatic heterocycles. The molecule has 0 bridgehead atoms. The van der Waals surface area contributed by atoms with E-state index in [0.717, 1.165) is 55.6 Å². The minimum Gasteiger partial charge on any atom is -0.337 e. The van der Waals surface area contributed by atoms with Gasteiger partial charge in [0.25, 0.3) is 5.91 Å². The molecule has 1 amide bonds. The lowest BCUT2D eigenvalue weighted by molar-refractivity contribution is 0.0784. The average molecular weight is 417 g/mol. The summed E-state index contributed by atoms with van der Waals surface area (Å²) in [4.78, 5) is 15.1. The number of aromatic nitrogens is 2. The van der Waals surface area contributed by atoms with Gasteiger partial charge < -0.3 is 4.90 Å². The van der Waals surface area contributed by atoms with Gasteiger partial charge in [-0.25, -0.2) is 8.42 Å². The Morgan fingerprint density at radius 3 is 2.45 bits per heavy atom. The molecule has 0 unspecified atom stereocenters. The summed E-state index contributed by atoms with van der Waals surface area (Å²) in [5.74, 6) is -0.0810. The van der Waals surface area contributed by atoms with Crippen LogP contribution in [0, 0.1) is 0 Å². The summed E-state index contributed by atoms with van der Waals surface area (Å²) in [6.45, 7) is 4.18. The molecule has 0 N–H and O–H groups in total. The summed E-state index contributed by atoms with van der Waals surface area (Å²) in [7, 11) is -1.79. The number of benzene rings is 1. The van der Waals surface area contributed by atoms with Crippen LogP contribution in [0.25, 0.3) is 0 Å².